The lowest BCUT2D eigenvalue weighted by Crippen LogP contribution is -2.53. The smallest absolute Gasteiger partial charge is 0.323 e. The number of rotatable bonds is 9. The molecule has 1 heterocycles. The van der Waals surface area contributed by atoms with Crippen LogP contribution >= 0.6 is 0 Å². The van der Waals surface area contributed by atoms with Gasteiger partial charge < -0.3 is 10.0 Å². The molecule has 0 radical (unpaired) electrons. The lowest BCUT2D eigenvalue weighted by Gasteiger charge is -2.34. The van der Waals surface area contributed by atoms with Crippen molar-refractivity contribution in [3.05, 3.63) is 0 Å². The largest absolute Gasteiger partial charge is 0.480 e. The summed E-state index contributed by atoms with van der Waals surface area (Å²) in [6, 6.07) is 0.445. The van der Waals surface area contributed by atoms with E-state index in [1.54, 1.807) is 0 Å². The zero-order chi connectivity index (χ0) is 15.3. The number of carboxylic acid groups (broad SMARTS) is 1. The summed E-state index contributed by atoms with van der Waals surface area (Å²) in [6.07, 6.45) is 8.63. The predicted octanol–water partition coefficient (Wildman–Crippen LogP) is 2.87. The van der Waals surface area contributed by atoms with Crippen molar-refractivity contribution in [1.82, 2.24) is 10.2 Å². The molecule has 0 aromatic rings. The van der Waals surface area contributed by atoms with Gasteiger partial charge in [-0.1, -0.05) is 20.3 Å². The zero-order valence-electron chi connectivity index (χ0n) is 13.7. The van der Waals surface area contributed by atoms with E-state index in [0.717, 1.165) is 38.1 Å². The summed E-state index contributed by atoms with van der Waals surface area (Å²) in [5.74, 6) is 0.181. The van der Waals surface area contributed by atoms with E-state index in [2.05, 4.69) is 17.1 Å². The summed E-state index contributed by atoms with van der Waals surface area (Å²) >= 11 is 0. The molecule has 2 aliphatic rings. The van der Waals surface area contributed by atoms with Crippen LogP contribution in [0.5, 0.6) is 0 Å². The second-order valence-corrected chi connectivity index (χ2v) is 6.98. The highest BCUT2D eigenvalue weighted by Gasteiger charge is 2.40. The monoisotopic (exact) mass is 296 g/mol. The molecule has 2 N–H and O–H groups in total. The van der Waals surface area contributed by atoms with Crippen LogP contribution in [0.1, 0.15) is 65.2 Å². The highest BCUT2D eigenvalue weighted by molar-refractivity contribution is 5.78. The quantitative estimate of drug-likeness (QED) is 0.687. The molecule has 2 fully saturated rings. The molecule has 4 heteroatoms. The first-order chi connectivity index (χ1) is 10.1. The lowest BCUT2D eigenvalue weighted by atomic mass is 9.89. The fraction of sp³-hybridized carbons (Fsp3) is 0.941. The van der Waals surface area contributed by atoms with Gasteiger partial charge in [-0.3, -0.25) is 10.1 Å². The molecule has 0 bridgehead atoms. The summed E-state index contributed by atoms with van der Waals surface area (Å²) in [4.78, 5) is 14.3. The third-order valence-electron chi connectivity index (χ3n) is 5.33. The molecular weight excluding hydrogens is 264 g/mol. The molecule has 2 unspecified atom stereocenters. The van der Waals surface area contributed by atoms with Crippen LogP contribution in [0.25, 0.3) is 0 Å². The maximum Gasteiger partial charge on any atom is 0.323 e. The Bertz CT molecular complexity index is 344. The van der Waals surface area contributed by atoms with Gasteiger partial charge in [0.2, 0.25) is 0 Å². The van der Waals surface area contributed by atoms with Crippen LogP contribution < -0.4 is 5.32 Å². The van der Waals surface area contributed by atoms with Gasteiger partial charge in [0.15, 0.2) is 0 Å². The van der Waals surface area contributed by atoms with E-state index in [1.807, 2.05) is 6.92 Å². The van der Waals surface area contributed by atoms with E-state index >= 15 is 0 Å². The Hall–Kier alpha value is -0.610. The number of likely N-dealkylation sites (tertiary alicyclic amines) is 1. The first-order valence-electron chi connectivity index (χ1n) is 8.83. The van der Waals surface area contributed by atoms with Gasteiger partial charge in [0, 0.05) is 12.6 Å². The van der Waals surface area contributed by atoms with Crippen LogP contribution in [-0.2, 0) is 4.79 Å². The third-order valence-corrected chi connectivity index (χ3v) is 5.33. The molecule has 0 aromatic heterocycles. The highest BCUT2D eigenvalue weighted by Crippen LogP contribution is 2.28. The lowest BCUT2D eigenvalue weighted by molar-refractivity contribution is -0.145. The molecule has 4 nitrogen and oxygen atoms in total. The summed E-state index contributed by atoms with van der Waals surface area (Å²) in [6.45, 7) is 7.73. The summed E-state index contributed by atoms with van der Waals surface area (Å²) < 4.78 is 0. The topological polar surface area (TPSA) is 52.6 Å². The minimum Gasteiger partial charge on any atom is -0.480 e. The SMILES string of the molecule is CCC1CCCN(CCCC(CC)(NC2CC2)C(=O)O)C1. The van der Waals surface area contributed by atoms with E-state index in [9.17, 15) is 9.90 Å². The minimum atomic E-state index is -0.693. The van der Waals surface area contributed by atoms with Gasteiger partial charge in [-0.15, -0.1) is 0 Å². The van der Waals surface area contributed by atoms with Gasteiger partial charge in [0.1, 0.15) is 5.54 Å². The van der Waals surface area contributed by atoms with Crippen molar-refractivity contribution in [2.75, 3.05) is 19.6 Å². The summed E-state index contributed by atoms with van der Waals surface area (Å²) in [5, 5.41) is 13.0. The van der Waals surface area contributed by atoms with Crippen molar-refractivity contribution >= 4 is 5.97 Å². The Morgan fingerprint density at radius 1 is 1.33 bits per heavy atom. The molecule has 21 heavy (non-hydrogen) atoms. The van der Waals surface area contributed by atoms with Crippen molar-refractivity contribution in [2.45, 2.75) is 76.8 Å². The number of nitrogens with zero attached hydrogens (tertiary/aromatic N) is 1. The third kappa shape index (κ3) is 4.68. The molecule has 122 valence electrons. The highest BCUT2D eigenvalue weighted by atomic mass is 16.4. The van der Waals surface area contributed by atoms with Crippen LogP contribution in [0.2, 0.25) is 0 Å². The van der Waals surface area contributed by atoms with Gasteiger partial charge in [-0.25, -0.2) is 0 Å². The van der Waals surface area contributed by atoms with Crippen LogP contribution in [0.4, 0.5) is 0 Å². The standard InChI is InChI=1S/C17H32N2O2/c1-3-14-7-5-11-19(13-14)12-6-10-17(4-2,16(20)21)18-15-8-9-15/h14-15,18H,3-13H2,1-2H3,(H,20,21). The number of piperidine rings is 1. The van der Waals surface area contributed by atoms with Crippen LogP contribution in [0.15, 0.2) is 0 Å². The maximum atomic E-state index is 11.7. The molecule has 1 aliphatic carbocycles. The van der Waals surface area contributed by atoms with Crippen LogP contribution in [0, 0.1) is 5.92 Å². The Balaban J connectivity index is 1.79. The molecule has 1 saturated heterocycles. The van der Waals surface area contributed by atoms with E-state index < -0.39 is 11.5 Å². The van der Waals surface area contributed by atoms with Gasteiger partial charge in [-0.2, -0.15) is 0 Å². The Morgan fingerprint density at radius 2 is 2.10 bits per heavy atom. The summed E-state index contributed by atoms with van der Waals surface area (Å²) in [5.41, 5.74) is -0.693. The van der Waals surface area contributed by atoms with Crippen molar-refractivity contribution in [2.24, 2.45) is 5.92 Å². The molecule has 2 atom stereocenters. The molecule has 0 amide bonds. The minimum absolute atomic E-state index is 0.445. The predicted molar refractivity (Wildman–Crippen MR) is 85.5 cm³/mol. The number of carbonyl (C=O) groups is 1. The van der Waals surface area contributed by atoms with Crippen LogP contribution in [0.3, 0.4) is 0 Å². The summed E-state index contributed by atoms with van der Waals surface area (Å²) in [7, 11) is 0. The molecule has 1 saturated carbocycles. The van der Waals surface area contributed by atoms with E-state index in [0.29, 0.717) is 12.5 Å². The second kappa shape index (κ2) is 7.59. The molecule has 1 aliphatic heterocycles. The van der Waals surface area contributed by atoms with Crippen LogP contribution in [-0.4, -0.2) is 47.2 Å². The van der Waals surface area contributed by atoms with Crippen molar-refractivity contribution in [3.8, 4) is 0 Å². The van der Waals surface area contributed by atoms with Gasteiger partial charge in [0.25, 0.3) is 0 Å². The first kappa shape index (κ1) is 16.8. The number of hydrogen-bond donors (Lipinski definition) is 2. The van der Waals surface area contributed by atoms with Gasteiger partial charge in [0.05, 0.1) is 0 Å². The van der Waals surface area contributed by atoms with E-state index in [4.69, 9.17) is 0 Å². The Morgan fingerprint density at radius 3 is 2.67 bits per heavy atom. The average molecular weight is 296 g/mol. The fourth-order valence-electron chi connectivity index (χ4n) is 3.58. The normalized spacial score (nSPS) is 26.5. The Kier molecular flexibility index (Phi) is 6.06. The molecular formula is C17H32N2O2. The fourth-order valence-corrected chi connectivity index (χ4v) is 3.58. The Labute approximate surface area is 129 Å². The molecule has 0 aromatic carbocycles. The van der Waals surface area contributed by atoms with Gasteiger partial charge in [-0.05, 0) is 64.0 Å². The number of aliphatic carboxylic acids is 1. The maximum absolute atomic E-state index is 11.7. The number of nitrogens with one attached hydrogen (secondary N) is 1. The van der Waals surface area contributed by atoms with Crippen molar-refractivity contribution in [3.63, 3.8) is 0 Å². The van der Waals surface area contributed by atoms with E-state index in [-0.39, 0.29) is 0 Å². The zero-order valence-corrected chi connectivity index (χ0v) is 13.7. The molecule has 0 spiro atoms. The second-order valence-electron chi connectivity index (χ2n) is 6.98. The van der Waals surface area contributed by atoms with Gasteiger partial charge >= 0.3 is 5.97 Å². The van der Waals surface area contributed by atoms with Crippen molar-refractivity contribution < 1.29 is 9.90 Å². The molecule has 2 rings (SSSR count). The van der Waals surface area contributed by atoms with E-state index in [1.165, 1.54) is 32.4 Å². The van der Waals surface area contributed by atoms with Crippen molar-refractivity contribution in [1.29, 1.82) is 0 Å². The number of hydrogen-bond acceptors (Lipinski definition) is 3. The average Bonchev–Trinajstić information content (AvgIpc) is 3.30. The number of carboxylic acids is 1. The first-order valence-corrected chi connectivity index (χ1v) is 8.83.